The Morgan fingerprint density at radius 1 is 1.40 bits per heavy atom. The molecule has 1 aromatic rings. The first-order valence-electron chi connectivity index (χ1n) is 6.40. The van der Waals surface area contributed by atoms with E-state index < -0.39 is 5.41 Å². The van der Waals surface area contributed by atoms with E-state index in [-0.39, 0.29) is 11.8 Å². The van der Waals surface area contributed by atoms with Crippen molar-refractivity contribution in [1.29, 1.82) is 0 Å². The number of hydrogen-bond acceptors (Lipinski definition) is 4. The molecule has 1 heterocycles. The molecule has 0 aliphatic carbocycles. The molecule has 0 saturated carbocycles. The molecule has 0 bridgehead atoms. The van der Waals surface area contributed by atoms with Crippen LogP contribution in [0.1, 0.15) is 23.7 Å². The van der Waals surface area contributed by atoms with Crippen molar-refractivity contribution in [1.82, 2.24) is 4.90 Å². The van der Waals surface area contributed by atoms with Gasteiger partial charge in [0.25, 0.3) is 5.91 Å². The molecule has 2 rings (SSSR count). The SMILES string of the molecule is COc1cc(C(=O)N2CCC(C)(C(N)=O)C2)ccc1N. The molecule has 108 valence electrons. The van der Waals surface area contributed by atoms with Crippen LogP contribution in [0.15, 0.2) is 18.2 Å². The molecule has 1 aromatic carbocycles. The molecule has 20 heavy (non-hydrogen) atoms. The van der Waals surface area contributed by atoms with Crippen LogP contribution in [-0.2, 0) is 4.79 Å². The van der Waals surface area contributed by atoms with Crippen LogP contribution in [-0.4, -0.2) is 36.9 Å². The lowest BCUT2D eigenvalue weighted by atomic mass is 9.89. The fourth-order valence-electron chi connectivity index (χ4n) is 2.36. The molecule has 0 radical (unpaired) electrons. The number of nitrogens with zero attached hydrogens (tertiary/aromatic N) is 1. The molecule has 1 atom stereocenters. The van der Waals surface area contributed by atoms with Gasteiger partial charge in [-0.2, -0.15) is 0 Å². The number of carbonyl (C=O) groups excluding carboxylic acids is 2. The third kappa shape index (κ3) is 2.41. The van der Waals surface area contributed by atoms with Crippen molar-refractivity contribution >= 4 is 17.5 Å². The molecular formula is C14H19N3O3. The number of carbonyl (C=O) groups is 2. The van der Waals surface area contributed by atoms with Gasteiger partial charge >= 0.3 is 0 Å². The number of nitrogens with two attached hydrogens (primary N) is 2. The van der Waals surface area contributed by atoms with Gasteiger partial charge in [-0.25, -0.2) is 0 Å². The zero-order chi connectivity index (χ0) is 14.9. The van der Waals surface area contributed by atoms with E-state index >= 15 is 0 Å². The molecule has 1 aliphatic heterocycles. The standard InChI is InChI=1S/C14H19N3O3/c1-14(13(16)19)5-6-17(8-14)12(18)9-3-4-10(15)11(7-9)20-2/h3-4,7H,5-6,8,15H2,1-2H3,(H2,16,19). The number of likely N-dealkylation sites (tertiary alicyclic amines) is 1. The van der Waals surface area contributed by atoms with E-state index in [1.807, 2.05) is 0 Å². The highest BCUT2D eigenvalue weighted by Crippen LogP contribution is 2.31. The number of amides is 2. The summed E-state index contributed by atoms with van der Waals surface area (Å²) in [6.45, 7) is 2.64. The summed E-state index contributed by atoms with van der Waals surface area (Å²) in [5.41, 5.74) is 11.4. The van der Waals surface area contributed by atoms with Crippen molar-refractivity contribution in [2.45, 2.75) is 13.3 Å². The number of hydrogen-bond donors (Lipinski definition) is 2. The number of rotatable bonds is 3. The molecular weight excluding hydrogens is 258 g/mol. The molecule has 4 N–H and O–H groups in total. The van der Waals surface area contributed by atoms with Gasteiger partial charge < -0.3 is 21.1 Å². The summed E-state index contributed by atoms with van der Waals surface area (Å²) in [7, 11) is 1.50. The Labute approximate surface area is 117 Å². The maximum Gasteiger partial charge on any atom is 0.254 e. The smallest absolute Gasteiger partial charge is 0.254 e. The van der Waals surface area contributed by atoms with E-state index in [0.29, 0.717) is 36.5 Å². The van der Waals surface area contributed by atoms with Gasteiger partial charge in [-0.1, -0.05) is 0 Å². The summed E-state index contributed by atoms with van der Waals surface area (Å²) in [5, 5.41) is 0. The van der Waals surface area contributed by atoms with E-state index in [4.69, 9.17) is 16.2 Å². The van der Waals surface area contributed by atoms with Crippen LogP contribution >= 0.6 is 0 Å². The van der Waals surface area contributed by atoms with Gasteiger partial charge in [-0.15, -0.1) is 0 Å². The summed E-state index contributed by atoms with van der Waals surface area (Å²) >= 11 is 0. The maximum atomic E-state index is 12.4. The molecule has 1 saturated heterocycles. The van der Waals surface area contributed by atoms with Crippen LogP contribution in [0.2, 0.25) is 0 Å². The monoisotopic (exact) mass is 277 g/mol. The molecule has 6 heteroatoms. The predicted octanol–water partition coefficient (Wildman–Crippen LogP) is 0.615. The summed E-state index contributed by atoms with van der Waals surface area (Å²) in [6, 6.07) is 4.90. The van der Waals surface area contributed by atoms with Crippen molar-refractivity contribution < 1.29 is 14.3 Å². The van der Waals surface area contributed by atoms with E-state index in [0.717, 1.165) is 0 Å². The van der Waals surface area contributed by atoms with Gasteiger partial charge in [-0.3, -0.25) is 9.59 Å². The van der Waals surface area contributed by atoms with Crippen molar-refractivity contribution in [3.05, 3.63) is 23.8 Å². The van der Waals surface area contributed by atoms with E-state index in [2.05, 4.69) is 0 Å². The summed E-state index contributed by atoms with van der Waals surface area (Å²) < 4.78 is 5.11. The topological polar surface area (TPSA) is 98.6 Å². The van der Waals surface area contributed by atoms with Crippen LogP contribution in [0.4, 0.5) is 5.69 Å². The van der Waals surface area contributed by atoms with Gasteiger partial charge in [0.05, 0.1) is 18.2 Å². The molecule has 1 aliphatic rings. The summed E-state index contributed by atoms with van der Waals surface area (Å²) in [4.78, 5) is 25.5. The number of methoxy groups -OCH3 is 1. The van der Waals surface area contributed by atoms with Gasteiger partial charge in [0, 0.05) is 18.7 Å². The highest BCUT2D eigenvalue weighted by Gasteiger charge is 2.40. The third-order valence-electron chi connectivity index (χ3n) is 3.84. The summed E-state index contributed by atoms with van der Waals surface area (Å²) in [5.74, 6) is -0.0522. The highest BCUT2D eigenvalue weighted by molar-refractivity contribution is 5.96. The fourth-order valence-corrected chi connectivity index (χ4v) is 2.36. The first-order chi connectivity index (χ1) is 9.37. The zero-order valence-corrected chi connectivity index (χ0v) is 11.7. The van der Waals surface area contributed by atoms with Gasteiger partial charge in [-0.05, 0) is 31.5 Å². The normalized spacial score (nSPS) is 21.8. The lowest BCUT2D eigenvalue weighted by Crippen LogP contribution is -2.38. The third-order valence-corrected chi connectivity index (χ3v) is 3.84. The average molecular weight is 277 g/mol. The fraction of sp³-hybridized carbons (Fsp3) is 0.429. The molecule has 1 fully saturated rings. The minimum absolute atomic E-state index is 0.145. The molecule has 1 unspecified atom stereocenters. The maximum absolute atomic E-state index is 12.4. The van der Waals surface area contributed by atoms with Crippen molar-refractivity contribution in [3.8, 4) is 5.75 Å². The minimum Gasteiger partial charge on any atom is -0.495 e. The second-order valence-electron chi connectivity index (χ2n) is 5.36. The molecule has 0 spiro atoms. The Kier molecular flexibility index (Phi) is 3.57. The predicted molar refractivity (Wildman–Crippen MR) is 75.2 cm³/mol. The highest BCUT2D eigenvalue weighted by atomic mass is 16.5. The lowest BCUT2D eigenvalue weighted by Gasteiger charge is -2.21. The lowest BCUT2D eigenvalue weighted by molar-refractivity contribution is -0.126. The Morgan fingerprint density at radius 3 is 2.65 bits per heavy atom. The number of nitrogen functional groups attached to an aromatic ring is 1. The zero-order valence-electron chi connectivity index (χ0n) is 11.7. The first kappa shape index (κ1) is 14.2. The number of primary amides is 1. The van der Waals surface area contributed by atoms with Gasteiger partial charge in [0.2, 0.25) is 5.91 Å². The number of benzene rings is 1. The van der Waals surface area contributed by atoms with Crippen LogP contribution in [0, 0.1) is 5.41 Å². The average Bonchev–Trinajstić information content (AvgIpc) is 2.82. The Balaban J connectivity index is 2.19. The van der Waals surface area contributed by atoms with Crippen molar-refractivity contribution in [3.63, 3.8) is 0 Å². The van der Waals surface area contributed by atoms with Crippen LogP contribution < -0.4 is 16.2 Å². The minimum atomic E-state index is -0.645. The second kappa shape index (κ2) is 5.03. The molecule has 6 nitrogen and oxygen atoms in total. The Morgan fingerprint density at radius 2 is 2.10 bits per heavy atom. The number of ether oxygens (including phenoxy) is 1. The second-order valence-corrected chi connectivity index (χ2v) is 5.36. The van der Waals surface area contributed by atoms with E-state index in [9.17, 15) is 9.59 Å². The van der Waals surface area contributed by atoms with E-state index in [1.165, 1.54) is 7.11 Å². The Hall–Kier alpha value is -2.24. The van der Waals surface area contributed by atoms with E-state index in [1.54, 1.807) is 30.0 Å². The molecule has 2 amide bonds. The van der Waals surface area contributed by atoms with Gasteiger partial charge in [0.15, 0.2) is 0 Å². The van der Waals surface area contributed by atoms with Gasteiger partial charge in [0.1, 0.15) is 5.75 Å². The summed E-state index contributed by atoms with van der Waals surface area (Å²) in [6.07, 6.45) is 0.584. The molecule has 0 aromatic heterocycles. The van der Waals surface area contributed by atoms with Crippen LogP contribution in [0.5, 0.6) is 5.75 Å². The Bertz CT molecular complexity index is 559. The van der Waals surface area contributed by atoms with Crippen LogP contribution in [0.3, 0.4) is 0 Å². The first-order valence-corrected chi connectivity index (χ1v) is 6.40. The van der Waals surface area contributed by atoms with Crippen molar-refractivity contribution in [2.75, 3.05) is 25.9 Å². The van der Waals surface area contributed by atoms with Crippen LogP contribution in [0.25, 0.3) is 0 Å². The number of anilines is 1. The quantitative estimate of drug-likeness (QED) is 0.791. The largest absolute Gasteiger partial charge is 0.495 e. The van der Waals surface area contributed by atoms with Crippen molar-refractivity contribution in [2.24, 2.45) is 11.1 Å².